The van der Waals surface area contributed by atoms with Crippen LogP contribution in [0.5, 0.6) is 11.5 Å². The fourth-order valence-corrected chi connectivity index (χ4v) is 2.33. The molecular weight excluding hydrogens is 448 g/mol. The van der Waals surface area contributed by atoms with Crippen molar-refractivity contribution in [2.75, 3.05) is 13.7 Å². The maximum Gasteiger partial charge on any atom is 0.191 e. The van der Waals surface area contributed by atoms with E-state index in [0.29, 0.717) is 42.5 Å². The number of hydrogen-bond donors (Lipinski definition) is 3. The highest BCUT2D eigenvalue weighted by atomic mass is 127. The van der Waals surface area contributed by atoms with Crippen LogP contribution in [0.4, 0.5) is 4.39 Å². The minimum Gasteiger partial charge on any atom is -0.508 e. The SMILES string of the molecule is CCNC(=NCc1ccc(F)c(C)c1)NCc1cc(OC)ccc1O.I. The van der Waals surface area contributed by atoms with Gasteiger partial charge in [0.2, 0.25) is 0 Å². The zero-order valence-corrected chi connectivity index (χ0v) is 17.5. The van der Waals surface area contributed by atoms with Gasteiger partial charge in [-0.05, 0) is 49.2 Å². The van der Waals surface area contributed by atoms with Crippen molar-refractivity contribution < 1.29 is 14.2 Å². The van der Waals surface area contributed by atoms with Gasteiger partial charge in [-0.1, -0.05) is 12.1 Å². The number of nitrogens with zero attached hydrogens (tertiary/aromatic N) is 1. The van der Waals surface area contributed by atoms with E-state index in [-0.39, 0.29) is 35.5 Å². The summed E-state index contributed by atoms with van der Waals surface area (Å²) in [5, 5.41) is 16.3. The second-order valence-corrected chi connectivity index (χ2v) is 5.63. The van der Waals surface area contributed by atoms with E-state index in [1.807, 2.05) is 6.92 Å². The summed E-state index contributed by atoms with van der Waals surface area (Å²) < 4.78 is 18.5. The van der Waals surface area contributed by atoms with Gasteiger partial charge in [-0.2, -0.15) is 0 Å². The van der Waals surface area contributed by atoms with E-state index in [1.165, 1.54) is 6.07 Å². The molecule has 0 aliphatic heterocycles. The Hall–Kier alpha value is -2.03. The van der Waals surface area contributed by atoms with Gasteiger partial charge in [0.25, 0.3) is 0 Å². The fourth-order valence-electron chi connectivity index (χ4n) is 2.33. The lowest BCUT2D eigenvalue weighted by molar-refractivity contribution is 0.410. The van der Waals surface area contributed by atoms with Crippen molar-refractivity contribution in [3.8, 4) is 11.5 Å². The Kier molecular flexibility index (Phi) is 9.18. The number of halogens is 2. The molecule has 2 aromatic carbocycles. The summed E-state index contributed by atoms with van der Waals surface area (Å²) in [7, 11) is 1.58. The highest BCUT2D eigenvalue weighted by Crippen LogP contribution is 2.22. The monoisotopic (exact) mass is 473 g/mol. The molecule has 0 saturated heterocycles. The molecule has 0 saturated carbocycles. The van der Waals surface area contributed by atoms with E-state index in [1.54, 1.807) is 44.4 Å². The summed E-state index contributed by atoms with van der Waals surface area (Å²) in [5.41, 5.74) is 2.25. The molecule has 0 spiro atoms. The Morgan fingerprint density at radius 1 is 1.19 bits per heavy atom. The van der Waals surface area contributed by atoms with Gasteiger partial charge in [0.05, 0.1) is 13.7 Å². The highest BCUT2D eigenvalue weighted by Gasteiger charge is 2.05. The first-order valence-corrected chi connectivity index (χ1v) is 8.16. The third-order valence-electron chi connectivity index (χ3n) is 3.72. The van der Waals surface area contributed by atoms with Gasteiger partial charge in [0, 0.05) is 18.7 Å². The third-order valence-corrected chi connectivity index (χ3v) is 3.72. The molecule has 0 aliphatic rings. The highest BCUT2D eigenvalue weighted by molar-refractivity contribution is 14.0. The van der Waals surface area contributed by atoms with Crippen LogP contribution in [-0.4, -0.2) is 24.7 Å². The van der Waals surface area contributed by atoms with Gasteiger partial charge in [-0.15, -0.1) is 24.0 Å². The topological polar surface area (TPSA) is 65.9 Å². The smallest absolute Gasteiger partial charge is 0.191 e. The minimum atomic E-state index is -0.216. The summed E-state index contributed by atoms with van der Waals surface area (Å²) in [4.78, 5) is 4.50. The van der Waals surface area contributed by atoms with Gasteiger partial charge in [0.15, 0.2) is 5.96 Å². The van der Waals surface area contributed by atoms with Crippen molar-refractivity contribution in [3.63, 3.8) is 0 Å². The van der Waals surface area contributed by atoms with Crippen molar-refractivity contribution in [3.05, 3.63) is 58.9 Å². The van der Waals surface area contributed by atoms with Crippen LogP contribution in [0, 0.1) is 12.7 Å². The van der Waals surface area contributed by atoms with E-state index in [4.69, 9.17) is 4.74 Å². The predicted octanol–water partition coefficient (Wildman–Crippen LogP) is 3.72. The maximum absolute atomic E-state index is 13.3. The van der Waals surface area contributed by atoms with Crippen LogP contribution in [-0.2, 0) is 13.1 Å². The first-order chi connectivity index (χ1) is 12.0. The van der Waals surface area contributed by atoms with Crippen molar-refractivity contribution >= 4 is 29.9 Å². The number of methoxy groups -OCH3 is 1. The molecule has 0 bridgehead atoms. The number of aliphatic imine (C=N–C) groups is 1. The average molecular weight is 473 g/mol. The van der Waals surface area contributed by atoms with E-state index in [0.717, 1.165) is 5.56 Å². The van der Waals surface area contributed by atoms with Crippen molar-refractivity contribution in [1.82, 2.24) is 10.6 Å². The number of aryl methyl sites for hydroxylation is 1. The Labute approximate surface area is 170 Å². The van der Waals surface area contributed by atoms with Gasteiger partial charge in [-0.3, -0.25) is 0 Å². The van der Waals surface area contributed by atoms with Crippen molar-refractivity contribution in [1.29, 1.82) is 0 Å². The molecule has 142 valence electrons. The lowest BCUT2D eigenvalue weighted by Crippen LogP contribution is -2.36. The van der Waals surface area contributed by atoms with Crippen LogP contribution in [0.2, 0.25) is 0 Å². The van der Waals surface area contributed by atoms with Gasteiger partial charge in [0.1, 0.15) is 17.3 Å². The average Bonchev–Trinajstić information content (AvgIpc) is 2.61. The number of ether oxygens (including phenoxy) is 1. The molecule has 0 atom stereocenters. The fraction of sp³-hybridized carbons (Fsp3) is 0.316. The molecule has 0 aromatic heterocycles. The van der Waals surface area contributed by atoms with Crippen molar-refractivity contribution in [2.45, 2.75) is 26.9 Å². The summed E-state index contributed by atoms with van der Waals surface area (Å²) in [6.07, 6.45) is 0. The van der Waals surface area contributed by atoms with E-state index in [9.17, 15) is 9.50 Å². The molecule has 3 N–H and O–H groups in total. The number of aromatic hydroxyl groups is 1. The molecule has 0 aliphatic carbocycles. The van der Waals surface area contributed by atoms with Crippen LogP contribution in [0.25, 0.3) is 0 Å². The van der Waals surface area contributed by atoms with Crippen LogP contribution in [0.1, 0.15) is 23.6 Å². The Morgan fingerprint density at radius 2 is 1.96 bits per heavy atom. The standard InChI is InChI=1S/C19H24FN3O2.HI/c1-4-21-19(22-11-14-5-7-17(20)13(2)9-14)23-12-15-10-16(25-3)6-8-18(15)24;/h5-10,24H,4,11-12H2,1-3H3,(H2,21,22,23);1H. The molecule has 0 amide bonds. The molecule has 26 heavy (non-hydrogen) atoms. The normalized spacial score (nSPS) is 10.8. The molecule has 0 fully saturated rings. The zero-order chi connectivity index (χ0) is 18.2. The third kappa shape index (κ3) is 6.36. The molecule has 2 rings (SSSR count). The summed E-state index contributed by atoms with van der Waals surface area (Å²) in [5.74, 6) is 1.27. The van der Waals surface area contributed by atoms with E-state index in [2.05, 4.69) is 15.6 Å². The lowest BCUT2D eigenvalue weighted by atomic mass is 10.1. The molecule has 7 heteroatoms. The Bertz CT molecular complexity index is 754. The molecule has 2 aromatic rings. The van der Waals surface area contributed by atoms with Crippen LogP contribution >= 0.6 is 24.0 Å². The largest absolute Gasteiger partial charge is 0.508 e. The predicted molar refractivity (Wildman–Crippen MR) is 113 cm³/mol. The molecule has 5 nitrogen and oxygen atoms in total. The molecule has 0 unspecified atom stereocenters. The quantitative estimate of drug-likeness (QED) is 0.340. The second kappa shape index (κ2) is 10.8. The molecule has 0 radical (unpaired) electrons. The summed E-state index contributed by atoms with van der Waals surface area (Å²) in [6, 6.07) is 10.0. The first-order valence-electron chi connectivity index (χ1n) is 8.16. The van der Waals surface area contributed by atoms with Crippen LogP contribution in [0.3, 0.4) is 0 Å². The van der Waals surface area contributed by atoms with E-state index < -0.39 is 0 Å². The molecule has 0 heterocycles. The molecular formula is C19H25FIN3O2. The Morgan fingerprint density at radius 3 is 2.62 bits per heavy atom. The Balaban J connectivity index is 0.00000338. The number of nitrogens with one attached hydrogen (secondary N) is 2. The number of guanidine groups is 1. The van der Waals surface area contributed by atoms with Gasteiger partial charge in [-0.25, -0.2) is 9.38 Å². The van der Waals surface area contributed by atoms with Gasteiger partial charge < -0.3 is 20.5 Å². The van der Waals surface area contributed by atoms with Crippen LogP contribution < -0.4 is 15.4 Å². The lowest BCUT2D eigenvalue weighted by Gasteiger charge is -2.13. The number of phenols is 1. The number of hydrogen-bond acceptors (Lipinski definition) is 3. The van der Waals surface area contributed by atoms with E-state index >= 15 is 0 Å². The maximum atomic E-state index is 13.3. The number of rotatable bonds is 6. The van der Waals surface area contributed by atoms with Gasteiger partial charge >= 0.3 is 0 Å². The summed E-state index contributed by atoms with van der Waals surface area (Å²) in [6.45, 7) is 5.25. The second-order valence-electron chi connectivity index (χ2n) is 5.63. The summed E-state index contributed by atoms with van der Waals surface area (Å²) >= 11 is 0. The number of phenolic OH excluding ortho intramolecular Hbond substituents is 1. The van der Waals surface area contributed by atoms with Crippen LogP contribution in [0.15, 0.2) is 41.4 Å². The zero-order valence-electron chi connectivity index (χ0n) is 15.2. The minimum absolute atomic E-state index is 0. The number of benzene rings is 2. The first kappa shape index (κ1) is 22.0. The van der Waals surface area contributed by atoms with Crippen molar-refractivity contribution in [2.24, 2.45) is 4.99 Å².